The van der Waals surface area contributed by atoms with Crippen molar-refractivity contribution < 1.29 is 4.92 Å². The van der Waals surface area contributed by atoms with Crippen LogP contribution in [0.4, 0.5) is 17.1 Å². The van der Waals surface area contributed by atoms with E-state index in [-0.39, 0.29) is 10.6 Å². The minimum Gasteiger partial charge on any atom is -0.369 e. The van der Waals surface area contributed by atoms with E-state index in [2.05, 4.69) is 28.7 Å². The molecule has 126 valence electrons. The van der Waals surface area contributed by atoms with E-state index in [1.165, 1.54) is 0 Å². The number of nitro benzene ring substituents is 1. The molecule has 2 aliphatic rings. The molecule has 3 rings (SSSR count). The molecule has 6 heteroatoms. The maximum Gasteiger partial charge on any atom is 0.292 e. The summed E-state index contributed by atoms with van der Waals surface area (Å²) >= 11 is 0. The van der Waals surface area contributed by atoms with E-state index in [1.807, 2.05) is 12.1 Å². The van der Waals surface area contributed by atoms with E-state index in [1.54, 1.807) is 6.07 Å². The number of rotatable bonds is 3. The van der Waals surface area contributed by atoms with Crippen molar-refractivity contribution in [2.24, 2.45) is 5.92 Å². The van der Waals surface area contributed by atoms with E-state index in [9.17, 15) is 10.1 Å². The van der Waals surface area contributed by atoms with Gasteiger partial charge in [0.1, 0.15) is 5.69 Å². The van der Waals surface area contributed by atoms with Crippen molar-refractivity contribution in [3.05, 3.63) is 28.3 Å². The van der Waals surface area contributed by atoms with Crippen LogP contribution in [0, 0.1) is 16.0 Å². The number of anilines is 2. The number of piperidine rings is 1. The van der Waals surface area contributed by atoms with Gasteiger partial charge >= 0.3 is 0 Å². The van der Waals surface area contributed by atoms with Gasteiger partial charge in [0.25, 0.3) is 5.69 Å². The first-order chi connectivity index (χ1) is 11.0. The molecule has 0 bridgehead atoms. The fraction of sp³-hybridized carbons (Fsp3) is 0.647. The van der Waals surface area contributed by atoms with Gasteiger partial charge in [0.05, 0.1) is 4.92 Å². The summed E-state index contributed by atoms with van der Waals surface area (Å²) in [4.78, 5) is 18.0. The molecule has 0 spiro atoms. The molecule has 0 amide bonds. The molecular formula is C17H26N4O2. The van der Waals surface area contributed by atoms with Crippen LogP contribution in [0.5, 0.6) is 0 Å². The van der Waals surface area contributed by atoms with Gasteiger partial charge in [-0.15, -0.1) is 0 Å². The molecule has 0 atom stereocenters. The Hall–Kier alpha value is -1.82. The molecule has 2 fully saturated rings. The van der Waals surface area contributed by atoms with Gasteiger partial charge in [0, 0.05) is 51.0 Å². The summed E-state index contributed by atoms with van der Waals surface area (Å²) in [6, 6.07) is 5.61. The van der Waals surface area contributed by atoms with Gasteiger partial charge in [-0.25, -0.2) is 0 Å². The molecule has 0 saturated carbocycles. The summed E-state index contributed by atoms with van der Waals surface area (Å²) in [6.45, 7) is 8.10. The molecule has 2 aliphatic heterocycles. The van der Waals surface area contributed by atoms with Crippen molar-refractivity contribution >= 4 is 17.1 Å². The lowest BCUT2D eigenvalue weighted by Crippen LogP contribution is -2.44. The standard InChI is InChI=1S/C17H26N4O2/c1-14-5-7-20(8-6-14)17-13-15(3-4-16(17)21(22)23)19-11-9-18(2)10-12-19/h3-4,13-14H,5-12H2,1-2H3. The summed E-state index contributed by atoms with van der Waals surface area (Å²) in [5, 5.41) is 11.4. The molecule has 0 aromatic heterocycles. The monoisotopic (exact) mass is 318 g/mol. The van der Waals surface area contributed by atoms with Crippen LogP contribution in [0.15, 0.2) is 18.2 Å². The maximum atomic E-state index is 11.4. The van der Waals surface area contributed by atoms with Crippen molar-refractivity contribution in [1.82, 2.24) is 4.90 Å². The van der Waals surface area contributed by atoms with Crippen molar-refractivity contribution in [1.29, 1.82) is 0 Å². The van der Waals surface area contributed by atoms with E-state index >= 15 is 0 Å². The fourth-order valence-corrected chi connectivity index (χ4v) is 3.43. The molecule has 2 saturated heterocycles. The van der Waals surface area contributed by atoms with Gasteiger partial charge in [0.2, 0.25) is 0 Å². The lowest BCUT2D eigenvalue weighted by molar-refractivity contribution is -0.384. The first kappa shape index (κ1) is 16.1. The molecule has 1 aromatic rings. The lowest BCUT2D eigenvalue weighted by Gasteiger charge is -2.35. The Morgan fingerprint density at radius 2 is 1.70 bits per heavy atom. The summed E-state index contributed by atoms with van der Waals surface area (Å²) in [6.07, 6.45) is 2.21. The highest BCUT2D eigenvalue weighted by Crippen LogP contribution is 2.35. The topological polar surface area (TPSA) is 52.9 Å². The number of likely N-dealkylation sites (N-methyl/N-ethyl adjacent to an activating group) is 1. The molecule has 0 unspecified atom stereocenters. The van der Waals surface area contributed by atoms with Gasteiger partial charge in [-0.2, -0.15) is 0 Å². The van der Waals surface area contributed by atoms with Crippen LogP contribution >= 0.6 is 0 Å². The van der Waals surface area contributed by atoms with Crippen LogP contribution in [0.3, 0.4) is 0 Å². The lowest BCUT2D eigenvalue weighted by atomic mass is 9.98. The average Bonchev–Trinajstić information content (AvgIpc) is 2.55. The number of nitro groups is 1. The predicted octanol–water partition coefficient (Wildman–Crippen LogP) is 2.58. The first-order valence-corrected chi connectivity index (χ1v) is 8.51. The van der Waals surface area contributed by atoms with Gasteiger partial charge in [-0.05, 0) is 37.9 Å². The Morgan fingerprint density at radius 3 is 2.30 bits per heavy atom. The van der Waals surface area contributed by atoms with Crippen LogP contribution in [0.25, 0.3) is 0 Å². The number of hydrogen-bond acceptors (Lipinski definition) is 5. The van der Waals surface area contributed by atoms with Crippen LogP contribution < -0.4 is 9.80 Å². The molecule has 0 aliphatic carbocycles. The Bertz CT molecular complexity index is 562. The van der Waals surface area contributed by atoms with Gasteiger partial charge in [-0.3, -0.25) is 10.1 Å². The second-order valence-corrected chi connectivity index (χ2v) is 6.89. The molecule has 23 heavy (non-hydrogen) atoms. The average molecular weight is 318 g/mol. The molecular weight excluding hydrogens is 292 g/mol. The summed E-state index contributed by atoms with van der Waals surface area (Å²) in [7, 11) is 2.13. The Balaban J connectivity index is 1.86. The largest absolute Gasteiger partial charge is 0.369 e. The molecule has 0 N–H and O–H groups in total. The number of hydrogen-bond donors (Lipinski definition) is 0. The third kappa shape index (κ3) is 3.58. The predicted molar refractivity (Wildman–Crippen MR) is 93.4 cm³/mol. The highest BCUT2D eigenvalue weighted by molar-refractivity contribution is 5.70. The van der Waals surface area contributed by atoms with Crippen LogP contribution in [-0.4, -0.2) is 56.1 Å². The molecule has 1 aromatic carbocycles. The van der Waals surface area contributed by atoms with Gasteiger partial charge < -0.3 is 14.7 Å². The first-order valence-electron chi connectivity index (χ1n) is 8.51. The molecule has 2 heterocycles. The van der Waals surface area contributed by atoms with E-state index in [0.29, 0.717) is 5.92 Å². The zero-order valence-electron chi connectivity index (χ0n) is 14.1. The Kier molecular flexibility index (Phi) is 4.71. The third-order valence-corrected chi connectivity index (χ3v) is 5.15. The fourth-order valence-electron chi connectivity index (χ4n) is 3.43. The van der Waals surface area contributed by atoms with Crippen molar-refractivity contribution in [3.8, 4) is 0 Å². The van der Waals surface area contributed by atoms with Gasteiger partial charge in [0.15, 0.2) is 0 Å². The number of benzene rings is 1. The van der Waals surface area contributed by atoms with E-state index < -0.39 is 0 Å². The third-order valence-electron chi connectivity index (χ3n) is 5.15. The second-order valence-electron chi connectivity index (χ2n) is 6.89. The smallest absolute Gasteiger partial charge is 0.292 e. The van der Waals surface area contributed by atoms with Crippen LogP contribution in [0.1, 0.15) is 19.8 Å². The van der Waals surface area contributed by atoms with Gasteiger partial charge in [-0.1, -0.05) is 6.92 Å². The summed E-state index contributed by atoms with van der Waals surface area (Å²) in [5.74, 6) is 0.714. The minimum atomic E-state index is -0.249. The van der Waals surface area contributed by atoms with Crippen LogP contribution in [0.2, 0.25) is 0 Å². The molecule has 0 radical (unpaired) electrons. The second kappa shape index (κ2) is 6.74. The Morgan fingerprint density at radius 1 is 1.04 bits per heavy atom. The number of piperazine rings is 1. The Labute approximate surface area is 137 Å². The zero-order valence-corrected chi connectivity index (χ0v) is 14.1. The van der Waals surface area contributed by atoms with Crippen molar-refractivity contribution in [2.75, 3.05) is 56.1 Å². The van der Waals surface area contributed by atoms with Crippen molar-refractivity contribution in [2.45, 2.75) is 19.8 Å². The highest BCUT2D eigenvalue weighted by Gasteiger charge is 2.25. The normalized spacial score (nSPS) is 20.8. The molecule has 6 nitrogen and oxygen atoms in total. The van der Waals surface area contributed by atoms with E-state index in [4.69, 9.17) is 0 Å². The minimum absolute atomic E-state index is 0.234. The maximum absolute atomic E-state index is 11.4. The number of nitrogens with zero attached hydrogens (tertiary/aromatic N) is 4. The highest BCUT2D eigenvalue weighted by atomic mass is 16.6. The SMILES string of the molecule is CC1CCN(c2cc(N3CCN(C)CC3)ccc2[N+](=O)[O-])CC1. The summed E-state index contributed by atoms with van der Waals surface area (Å²) in [5.41, 5.74) is 2.13. The van der Waals surface area contributed by atoms with Crippen LogP contribution in [-0.2, 0) is 0 Å². The van der Waals surface area contributed by atoms with E-state index in [0.717, 1.165) is 63.5 Å². The quantitative estimate of drug-likeness (QED) is 0.633. The zero-order chi connectivity index (χ0) is 16.4. The van der Waals surface area contributed by atoms with Crippen molar-refractivity contribution in [3.63, 3.8) is 0 Å². The summed E-state index contributed by atoms with van der Waals surface area (Å²) < 4.78 is 0.